The number of allylic oxidation sites excluding steroid dienone is 6. The second-order valence-electron chi connectivity index (χ2n) is 5.18. The van der Waals surface area contributed by atoms with Gasteiger partial charge in [-0.2, -0.15) is 0 Å². The maximum absolute atomic E-state index is 2.42. The first-order chi connectivity index (χ1) is 8.25. The summed E-state index contributed by atoms with van der Waals surface area (Å²) in [5.74, 6) is 1.80. The van der Waals surface area contributed by atoms with Crippen LogP contribution in [0.15, 0.2) is 35.5 Å². The Hall–Kier alpha value is -0.780. The summed E-state index contributed by atoms with van der Waals surface area (Å²) < 4.78 is 0. The van der Waals surface area contributed by atoms with Crippen molar-refractivity contribution in [2.75, 3.05) is 0 Å². The molecule has 0 atom stereocenters. The van der Waals surface area contributed by atoms with Crippen molar-refractivity contribution in [3.63, 3.8) is 0 Å². The van der Waals surface area contributed by atoms with E-state index in [4.69, 9.17) is 0 Å². The first kappa shape index (κ1) is 14.3. The third kappa shape index (κ3) is 4.53. The predicted octanol–water partition coefficient (Wildman–Crippen LogP) is 5.67. The Bertz CT molecular complexity index is 296. The Kier molecular flexibility index (Phi) is 6.32. The molecule has 0 radical (unpaired) electrons. The van der Waals surface area contributed by atoms with E-state index in [1.54, 1.807) is 5.57 Å². The van der Waals surface area contributed by atoms with Gasteiger partial charge < -0.3 is 0 Å². The highest BCUT2D eigenvalue weighted by molar-refractivity contribution is 5.32. The molecule has 0 heteroatoms. The van der Waals surface area contributed by atoms with E-state index in [9.17, 15) is 0 Å². The highest BCUT2D eigenvalue weighted by Crippen LogP contribution is 2.34. The second-order valence-corrected chi connectivity index (χ2v) is 5.18. The molecule has 2 rings (SSSR count). The molecule has 0 aromatic heterocycles. The first-order valence-corrected chi connectivity index (χ1v) is 7.30. The molecule has 0 bridgehead atoms. The summed E-state index contributed by atoms with van der Waals surface area (Å²) in [5, 5.41) is 0. The van der Waals surface area contributed by atoms with Gasteiger partial charge in [0.15, 0.2) is 0 Å². The van der Waals surface area contributed by atoms with Crippen molar-refractivity contribution >= 4 is 0 Å². The van der Waals surface area contributed by atoms with Crippen LogP contribution in [0.5, 0.6) is 0 Å². The molecule has 1 fully saturated rings. The van der Waals surface area contributed by atoms with Crippen LogP contribution in [0.25, 0.3) is 0 Å². The lowest BCUT2D eigenvalue weighted by atomic mass is 9.79. The fourth-order valence-electron chi connectivity index (χ4n) is 2.64. The first-order valence-electron chi connectivity index (χ1n) is 7.30. The van der Waals surface area contributed by atoms with Crippen LogP contribution in [0.2, 0.25) is 0 Å². The van der Waals surface area contributed by atoms with E-state index < -0.39 is 0 Å². The number of rotatable bonds is 1. The molecule has 0 amide bonds. The van der Waals surface area contributed by atoms with Gasteiger partial charge in [0.05, 0.1) is 0 Å². The standard InChI is InChI=1S/C15H22.C2H6/c1-12-4-3-5-14(9-6-12)15-10-7-13(2)8-11-15;1-2/h4-6,9,13,15H,3,7-8,10-11H2,1-2H3;1-2H3. The summed E-state index contributed by atoms with van der Waals surface area (Å²) in [5.41, 5.74) is 3.00. The van der Waals surface area contributed by atoms with Crippen molar-refractivity contribution in [2.45, 2.75) is 59.8 Å². The predicted molar refractivity (Wildman–Crippen MR) is 78.1 cm³/mol. The molecule has 0 saturated heterocycles. The summed E-state index contributed by atoms with van der Waals surface area (Å²) in [6.07, 6.45) is 16.1. The molecule has 0 aromatic rings. The number of hydrogen-bond donors (Lipinski definition) is 0. The van der Waals surface area contributed by atoms with E-state index in [1.165, 1.54) is 31.3 Å². The van der Waals surface area contributed by atoms with Gasteiger partial charge in [-0.15, -0.1) is 0 Å². The van der Waals surface area contributed by atoms with E-state index in [1.807, 2.05) is 13.8 Å². The molecule has 2 aliphatic rings. The van der Waals surface area contributed by atoms with E-state index in [0.29, 0.717) is 0 Å². The maximum atomic E-state index is 2.42. The van der Waals surface area contributed by atoms with Crippen molar-refractivity contribution < 1.29 is 0 Å². The van der Waals surface area contributed by atoms with Crippen LogP contribution < -0.4 is 0 Å². The van der Waals surface area contributed by atoms with Gasteiger partial charge in [0.25, 0.3) is 0 Å². The van der Waals surface area contributed by atoms with Crippen LogP contribution in [0.1, 0.15) is 59.8 Å². The molecule has 17 heavy (non-hydrogen) atoms. The van der Waals surface area contributed by atoms with E-state index in [2.05, 4.69) is 38.2 Å². The zero-order valence-corrected chi connectivity index (χ0v) is 12.0. The molecule has 0 unspecified atom stereocenters. The lowest BCUT2D eigenvalue weighted by Gasteiger charge is -2.27. The Morgan fingerprint density at radius 3 is 2.24 bits per heavy atom. The summed E-state index contributed by atoms with van der Waals surface area (Å²) in [6.45, 7) is 8.58. The molecule has 2 aliphatic carbocycles. The fourth-order valence-corrected chi connectivity index (χ4v) is 2.64. The maximum Gasteiger partial charge on any atom is -0.0158 e. The molecule has 0 nitrogen and oxygen atoms in total. The quantitative estimate of drug-likeness (QED) is 0.546. The third-order valence-electron chi connectivity index (χ3n) is 3.82. The lowest BCUT2D eigenvalue weighted by Crippen LogP contribution is -2.13. The molecular formula is C17H28. The Balaban J connectivity index is 0.000000686. The molecular weight excluding hydrogens is 204 g/mol. The van der Waals surface area contributed by atoms with Gasteiger partial charge in [0.2, 0.25) is 0 Å². The normalized spacial score (nSPS) is 28.5. The smallest absolute Gasteiger partial charge is 0.0158 e. The van der Waals surface area contributed by atoms with Gasteiger partial charge in [-0.05, 0) is 43.6 Å². The van der Waals surface area contributed by atoms with Crippen LogP contribution in [-0.2, 0) is 0 Å². The van der Waals surface area contributed by atoms with Crippen LogP contribution in [0.4, 0.5) is 0 Å². The monoisotopic (exact) mass is 232 g/mol. The van der Waals surface area contributed by atoms with Crippen molar-refractivity contribution in [2.24, 2.45) is 11.8 Å². The third-order valence-corrected chi connectivity index (χ3v) is 3.82. The Morgan fingerprint density at radius 1 is 0.941 bits per heavy atom. The fraction of sp³-hybridized carbons (Fsp3) is 0.647. The van der Waals surface area contributed by atoms with Crippen LogP contribution >= 0.6 is 0 Å². The Morgan fingerprint density at radius 2 is 1.59 bits per heavy atom. The van der Waals surface area contributed by atoms with Crippen LogP contribution in [-0.4, -0.2) is 0 Å². The summed E-state index contributed by atoms with van der Waals surface area (Å²) >= 11 is 0. The zero-order valence-electron chi connectivity index (χ0n) is 12.0. The number of hydrogen-bond acceptors (Lipinski definition) is 0. The molecule has 0 aromatic carbocycles. The largest absolute Gasteiger partial charge is 0.0778 e. The van der Waals surface area contributed by atoms with Crippen molar-refractivity contribution in [3.8, 4) is 0 Å². The van der Waals surface area contributed by atoms with Gasteiger partial charge >= 0.3 is 0 Å². The second kappa shape index (κ2) is 7.53. The van der Waals surface area contributed by atoms with Crippen molar-refractivity contribution in [1.82, 2.24) is 0 Å². The van der Waals surface area contributed by atoms with Gasteiger partial charge in [0.1, 0.15) is 0 Å². The SMILES string of the molecule is CC.CC1=CCC=C(C2CCC(C)CC2)C=C1. The van der Waals surface area contributed by atoms with E-state index in [-0.39, 0.29) is 0 Å². The van der Waals surface area contributed by atoms with Crippen LogP contribution in [0, 0.1) is 11.8 Å². The van der Waals surface area contributed by atoms with Crippen molar-refractivity contribution in [3.05, 3.63) is 35.5 Å². The lowest BCUT2D eigenvalue weighted by molar-refractivity contribution is 0.323. The van der Waals surface area contributed by atoms with Gasteiger partial charge in [0, 0.05) is 0 Å². The molecule has 0 aliphatic heterocycles. The molecule has 1 saturated carbocycles. The van der Waals surface area contributed by atoms with E-state index in [0.717, 1.165) is 18.3 Å². The summed E-state index contributed by atoms with van der Waals surface area (Å²) in [4.78, 5) is 0. The zero-order chi connectivity index (χ0) is 12.7. The molecule has 0 spiro atoms. The van der Waals surface area contributed by atoms with Gasteiger partial charge in [-0.25, -0.2) is 0 Å². The van der Waals surface area contributed by atoms with Gasteiger partial charge in [-0.1, -0.05) is 63.5 Å². The summed E-state index contributed by atoms with van der Waals surface area (Å²) in [6, 6.07) is 0. The highest BCUT2D eigenvalue weighted by Gasteiger charge is 2.20. The minimum Gasteiger partial charge on any atom is -0.0778 e. The average molecular weight is 232 g/mol. The average Bonchev–Trinajstić information content (AvgIpc) is 2.58. The van der Waals surface area contributed by atoms with E-state index >= 15 is 0 Å². The molecule has 96 valence electrons. The minimum absolute atomic E-state index is 0.844. The minimum atomic E-state index is 0.844. The van der Waals surface area contributed by atoms with Crippen molar-refractivity contribution in [1.29, 1.82) is 0 Å². The van der Waals surface area contributed by atoms with Gasteiger partial charge in [-0.3, -0.25) is 0 Å². The topological polar surface area (TPSA) is 0 Å². The summed E-state index contributed by atoms with van der Waals surface area (Å²) in [7, 11) is 0. The Labute approximate surface area is 108 Å². The highest BCUT2D eigenvalue weighted by atomic mass is 14.2. The van der Waals surface area contributed by atoms with Crippen LogP contribution in [0.3, 0.4) is 0 Å². The molecule has 0 N–H and O–H groups in total. The molecule has 0 heterocycles.